The van der Waals surface area contributed by atoms with Gasteiger partial charge < -0.3 is 5.11 Å². The lowest BCUT2D eigenvalue weighted by Gasteiger charge is -2.60. The Morgan fingerprint density at radius 2 is 1.76 bits per heavy atom. The van der Waals surface area contributed by atoms with Crippen LogP contribution in [-0.4, -0.2) is 17.0 Å². The van der Waals surface area contributed by atoms with Crippen molar-refractivity contribution >= 4 is 5.78 Å². The van der Waals surface area contributed by atoms with Gasteiger partial charge in [0.05, 0.1) is 6.10 Å². The lowest BCUT2D eigenvalue weighted by atomic mass is 9.44. The fourth-order valence-corrected chi connectivity index (χ4v) is 9.10. The molecule has 0 amide bonds. The van der Waals surface area contributed by atoms with Crippen LogP contribution >= 0.6 is 0 Å². The summed E-state index contributed by atoms with van der Waals surface area (Å²) in [6.07, 6.45) is 12.9. The van der Waals surface area contributed by atoms with Gasteiger partial charge in [0.15, 0.2) is 0 Å². The van der Waals surface area contributed by atoms with Gasteiger partial charge in [-0.1, -0.05) is 53.9 Å². The second kappa shape index (κ2) is 7.95. The van der Waals surface area contributed by atoms with E-state index in [1.807, 2.05) is 0 Å². The monoisotopic (exact) mass is 402 g/mol. The van der Waals surface area contributed by atoms with Crippen molar-refractivity contribution in [3.8, 4) is 0 Å². The van der Waals surface area contributed by atoms with Gasteiger partial charge in [-0.25, -0.2) is 0 Å². The van der Waals surface area contributed by atoms with Crippen LogP contribution in [0.15, 0.2) is 0 Å². The SMILES string of the molecule is CC(C)CCC[C@@H](C)[C@H]1CC[C@H]2[C@H]3CC[C@@H]4C[C@H](O)CC(=O)[C@]4(C)[C@H]3CC[C@]12C. The molecule has 0 unspecified atom stereocenters. The molecule has 9 atom stereocenters. The van der Waals surface area contributed by atoms with E-state index in [0.717, 1.165) is 36.0 Å². The molecule has 0 spiro atoms. The topological polar surface area (TPSA) is 37.3 Å². The van der Waals surface area contributed by atoms with Gasteiger partial charge >= 0.3 is 0 Å². The van der Waals surface area contributed by atoms with Crippen molar-refractivity contribution in [2.45, 2.75) is 111 Å². The summed E-state index contributed by atoms with van der Waals surface area (Å²) in [5.41, 5.74) is 0.350. The van der Waals surface area contributed by atoms with E-state index in [-0.39, 0.29) is 11.5 Å². The molecule has 0 aliphatic heterocycles. The lowest BCUT2D eigenvalue weighted by molar-refractivity contribution is -0.163. The molecule has 29 heavy (non-hydrogen) atoms. The normalized spacial score (nSPS) is 48.2. The number of carbonyl (C=O) groups excluding carboxylic acids is 1. The average molecular weight is 403 g/mol. The van der Waals surface area contributed by atoms with Crippen molar-refractivity contribution in [1.29, 1.82) is 0 Å². The zero-order valence-electron chi connectivity index (χ0n) is 19.8. The van der Waals surface area contributed by atoms with Gasteiger partial charge in [0, 0.05) is 11.8 Å². The summed E-state index contributed by atoms with van der Waals surface area (Å²) in [6.45, 7) is 12.2. The number of hydrogen-bond acceptors (Lipinski definition) is 2. The smallest absolute Gasteiger partial charge is 0.141 e. The van der Waals surface area contributed by atoms with Crippen molar-refractivity contribution in [3.05, 3.63) is 0 Å². The molecule has 0 saturated heterocycles. The Hall–Kier alpha value is -0.370. The summed E-state index contributed by atoms with van der Waals surface area (Å²) < 4.78 is 0. The Bertz CT molecular complexity index is 612. The molecule has 0 aromatic heterocycles. The van der Waals surface area contributed by atoms with E-state index in [9.17, 15) is 9.90 Å². The van der Waals surface area contributed by atoms with E-state index >= 15 is 0 Å². The van der Waals surface area contributed by atoms with E-state index in [1.165, 1.54) is 57.8 Å². The first-order chi connectivity index (χ1) is 13.7. The second-order valence-corrected chi connectivity index (χ2v) is 12.5. The van der Waals surface area contributed by atoms with Crippen LogP contribution in [-0.2, 0) is 4.79 Å². The van der Waals surface area contributed by atoms with Crippen LogP contribution in [0.5, 0.6) is 0 Å². The summed E-state index contributed by atoms with van der Waals surface area (Å²) in [7, 11) is 0. The first-order valence-electron chi connectivity index (χ1n) is 12.9. The highest BCUT2D eigenvalue weighted by atomic mass is 16.3. The lowest BCUT2D eigenvalue weighted by Crippen LogP contribution is -2.57. The van der Waals surface area contributed by atoms with Crippen LogP contribution in [0.3, 0.4) is 0 Å². The summed E-state index contributed by atoms with van der Waals surface area (Å²) in [5.74, 6) is 5.53. The maximum atomic E-state index is 13.2. The number of fused-ring (bicyclic) bond motifs is 5. The number of aliphatic hydroxyl groups is 1. The molecule has 2 heteroatoms. The van der Waals surface area contributed by atoms with E-state index in [1.54, 1.807) is 0 Å². The third-order valence-electron chi connectivity index (χ3n) is 10.7. The van der Waals surface area contributed by atoms with E-state index < -0.39 is 0 Å². The molecular formula is C27H46O2. The molecule has 166 valence electrons. The fourth-order valence-electron chi connectivity index (χ4n) is 9.10. The van der Waals surface area contributed by atoms with E-state index in [4.69, 9.17) is 0 Å². The highest BCUT2D eigenvalue weighted by Gasteiger charge is 2.62. The van der Waals surface area contributed by atoms with Gasteiger partial charge in [-0.3, -0.25) is 4.79 Å². The van der Waals surface area contributed by atoms with Crippen molar-refractivity contribution < 1.29 is 9.90 Å². The molecule has 0 aromatic rings. The fraction of sp³-hybridized carbons (Fsp3) is 0.963. The quantitative estimate of drug-likeness (QED) is 0.559. The molecule has 0 bridgehead atoms. The number of Topliss-reactive ketones (excluding diaryl/α,β-unsaturated/α-hetero) is 1. The van der Waals surface area contributed by atoms with Gasteiger partial charge in [-0.2, -0.15) is 0 Å². The minimum absolute atomic E-state index is 0.148. The van der Waals surface area contributed by atoms with E-state index in [0.29, 0.717) is 29.5 Å². The Labute approximate surface area is 179 Å². The zero-order chi connectivity index (χ0) is 21.0. The Balaban J connectivity index is 1.50. The molecule has 1 N–H and O–H groups in total. The van der Waals surface area contributed by atoms with Crippen molar-refractivity contribution in [2.75, 3.05) is 0 Å². The van der Waals surface area contributed by atoms with Crippen molar-refractivity contribution in [1.82, 2.24) is 0 Å². The Morgan fingerprint density at radius 3 is 2.48 bits per heavy atom. The molecule has 4 rings (SSSR count). The van der Waals surface area contributed by atoms with Gasteiger partial charge in [0.25, 0.3) is 0 Å². The minimum atomic E-state index is -0.381. The Morgan fingerprint density at radius 1 is 1.00 bits per heavy atom. The van der Waals surface area contributed by atoms with Crippen LogP contribution in [0, 0.1) is 52.3 Å². The second-order valence-electron chi connectivity index (χ2n) is 12.5. The number of carbonyl (C=O) groups is 1. The molecule has 4 fully saturated rings. The molecule has 2 nitrogen and oxygen atoms in total. The van der Waals surface area contributed by atoms with Gasteiger partial charge in [-0.15, -0.1) is 0 Å². The summed E-state index contributed by atoms with van der Waals surface area (Å²) in [5, 5.41) is 10.2. The maximum absolute atomic E-state index is 13.2. The molecule has 4 saturated carbocycles. The van der Waals surface area contributed by atoms with Crippen LogP contribution in [0.4, 0.5) is 0 Å². The molecular weight excluding hydrogens is 356 g/mol. The number of ketones is 1. The average Bonchev–Trinajstić information content (AvgIpc) is 3.00. The molecule has 4 aliphatic rings. The number of aliphatic hydroxyl groups excluding tert-OH is 1. The third-order valence-corrected chi connectivity index (χ3v) is 10.7. The minimum Gasteiger partial charge on any atom is -0.393 e. The van der Waals surface area contributed by atoms with Crippen LogP contribution < -0.4 is 0 Å². The van der Waals surface area contributed by atoms with Crippen molar-refractivity contribution in [2.24, 2.45) is 52.3 Å². The maximum Gasteiger partial charge on any atom is 0.141 e. The number of hydrogen-bond donors (Lipinski definition) is 1. The first kappa shape index (κ1) is 21.8. The van der Waals surface area contributed by atoms with E-state index in [2.05, 4.69) is 34.6 Å². The highest BCUT2D eigenvalue weighted by Crippen LogP contribution is 2.67. The zero-order valence-corrected chi connectivity index (χ0v) is 19.8. The summed E-state index contributed by atoms with van der Waals surface area (Å²) in [6, 6.07) is 0. The Kier molecular flexibility index (Phi) is 5.99. The molecule has 0 radical (unpaired) electrons. The van der Waals surface area contributed by atoms with Crippen LogP contribution in [0.2, 0.25) is 0 Å². The van der Waals surface area contributed by atoms with Crippen LogP contribution in [0.1, 0.15) is 105 Å². The van der Waals surface area contributed by atoms with Gasteiger partial charge in [0.1, 0.15) is 5.78 Å². The number of rotatable bonds is 5. The first-order valence-corrected chi connectivity index (χ1v) is 12.9. The molecule has 0 aromatic carbocycles. The highest BCUT2D eigenvalue weighted by molar-refractivity contribution is 5.86. The van der Waals surface area contributed by atoms with Gasteiger partial charge in [0.2, 0.25) is 0 Å². The molecule has 4 aliphatic carbocycles. The van der Waals surface area contributed by atoms with Crippen molar-refractivity contribution in [3.63, 3.8) is 0 Å². The van der Waals surface area contributed by atoms with Gasteiger partial charge in [-0.05, 0) is 91.8 Å². The summed E-state index contributed by atoms with van der Waals surface area (Å²) in [4.78, 5) is 13.2. The predicted molar refractivity (Wildman–Crippen MR) is 119 cm³/mol. The summed E-state index contributed by atoms with van der Waals surface area (Å²) >= 11 is 0. The standard InChI is InChI=1S/C27H46O2/c1-17(2)7-6-8-18(3)22-11-12-23-21-10-9-19-15-20(28)16-25(29)27(19,5)24(21)13-14-26(22,23)4/h17-24,28H,6-16H2,1-5H3/t18-,19-,20+,21-,22-,23+,24+,26-,27+/m1/s1. The largest absolute Gasteiger partial charge is 0.393 e. The predicted octanol–water partition coefficient (Wildman–Crippen LogP) is 6.65. The molecule has 0 heterocycles. The third kappa shape index (κ3) is 3.54. The van der Waals surface area contributed by atoms with Crippen LogP contribution in [0.25, 0.3) is 0 Å².